The van der Waals surface area contributed by atoms with Gasteiger partial charge in [-0.1, -0.05) is 59.9 Å². The second-order valence-electron chi connectivity index (χ2n) is 9.74. The van der Waals surface area contributed by atoms with E-state index in [0.29, 0.717) is 32.1 Å². The average molecular weight is 580 g/mol. The Labute approximate surface area is 245 Å². The van der Waals surface area contributed by atoms with Gasteiger partial charge < -0.3 is 19.2 Å². The Hall–Kier alpha value is -4.89. The summed E-state index contributed by atoms with van der Waals surface area (Å²) in [4.78, 5) is 36.4. The average Bonchev–Trinajstić information content (AvgIpc) is 3.53. The van der Waals surface area contributed by atoms with Gasteiger partial charge in [-0.25, -0.2) is 9.79 Å². The van der Waals surface area contributed by atoms with Gasteiger partial charge in [0.2, 0.25) is 0 Å². The number of esters is 1. The maximum atomic E-state index is 14.3. The number of benzene rings is 3. The molecule has 1 aliphatic heterocycles. The van der Waals surface area contributed by atoms with Crippen LogP contribution in [0.4, 0.5) is 0 Å². The van der Waals surface area contributed by atoms with Crippen LogP contribution >= 0.6 is 11.3 Å². The molecule has 0 aliphatic carbocycles. The van der Waals surface area contributed by atoms with Crippen LogP contribution in [0.3, 0.4) is 0 Å². The minimum atomic E-state index is -0.830. The van der Waals surface area contributed by atoms with Crippen LogP contribution in [0.1, 0.15) is 31.0 Å². The summed E-state index contributed by atoms with van der Waals surface area (Å²) in [6, 6.07) is 22.5. The Kier molecular flexibility index (Phi) is 7.26. The number of fused-ring (bicyclic) bond motifs is 2. The van der Waals surface area contributed by atoms with Crippen LogP contribution in [0, 0.1) is 0 Å². The van der Waals surface area contributed by atoms with Crippen LogP contribution in [0.25, 0.3) is 28.2 Å². The van der Waals surface area contributed by atoms with E-state index < -0.39 is 12.0 Å². The quantitative estimate of drug-likeness (QED) is 0.275. The van der Waals surface area contributed by atoms with Crippen LogP contribution in [-0.4, -0.2) is 36.3 Å². The van der Waals surface area contributed by atoms with Gasteiger partial charge in [0.05, 0.1) is 42.3 Å². The lowest BCUT2D eigenvalue weighted by Gasteiger charge is -2.26. The van der Waals surface area contributed by atoms with E-state index in [1.54, 1.807) is 50.8 Å². The maximum absolute atomic E-state index is 14.3. The Morgan fingerprint density at radius 2 is 1.81 bits per heavy atom. The molecule has 0 fully saturated rings. The normalized spacial score (nSPS) is 15.0. The van der Waals surface area contributed by atoms with Crippen LogP contribution < -0.4 is 24.4 Å². The molecule has 0 amide bonds. The SMILES string of the molecule is CCOC(=O)C1=C(C)N=c2sc(=Cc3c(-c4ccccc4)[nH]c4ccccc34)c(=O)n2[C@@H]1c1cc(OC)ccc1OC. The van der Waals surface area contributed by atoms with Gasteiger partial charge in [-0.2, -0.15) is 0 Å². The first-order valence-corrected chi connectivity index (χ1v) is 14.3. The third-order valence-corrected chi connectivity index (χ3v) is 8.32. The first kappa shape index (κ1) is 27.3. The zero-order chi connectivity index (χ0) is 29.4. The topological polar surface area (TPSA) is 94.9 Å². The van der Waals surface area contributed by atoms with E-state index >= 15 is 0 Å². The Bertz CT molecular complexity index is 2040. The lowest BCUT2D eigenvalue weighted by molar-refractivity contribution is -0.139. The highest BCUT2D eigenvalue weighted by atomic mass is 32.1. The monoisotopic (exact) mass is 579 g/mol. The highest BCUT2D eigenvalue weighted by Gasteiger charge is 2.35. The Morgan fingerprint density at radius 1 is 1.05 bits per heavy atom. The number of aromatic amines is 1. The second-order valence-corrected chi connectivity index (χ2v) is 10.7. The van der Waals surface area contributed by atoms with Crippen LogP contribution in [0.5, 0.6) is 11.5 Å². The summed E-state index contributed by atoms with van der Waals surface area (Å²) >= 11 is 1.28. The van der Waals surface area contributed by atoms with Crippen molar-refractivity contribution in [2.45, 2.75) is 19.9 Å². The van der Waals surface area contributed by atoms with Crippen molar-refractivity contribution in [2.75, 3.05) is 20.8 Å². The molecule has 0 saturated carbocycles. The van der Waals surface area contributed by atoms with Gasteiger partial charge in [0.15, 0.2) is 4.80 Å². The molecule has 0 radical (unpaired) electrons. The van der Waals surface area contributed by atoms with Crippen molar-refractivity contribution in [3.8, 4) is 22.8 Å². The summed E-state index contributed by atoms with van der Waals surface area (Å²) in [7, 11) is 3.12. The number of hydrogen-bond acceptors (Lipinski definition) is 7. The highest BCUT2D eigenvalue weighted by Crippen LogP contribution is 2.38. The summed E-state index contributed by atoms with van der Waals surface area (Å²) in [5, 5.41) is 0.997. The highest BCUT2D eigenvalue weighted by molar-refractivity contribution is 7.07. The smallest absolute Gasteiger partial charge is 0.338 e. The number of allylic oxidation sites excluding steroid dienone is 1. The number of methoxy groups -OCH3 is 2. The summed E-state index contributed by atoms with van der Waals surface area (Å²) in [6.45, 7) is 3.69. The maximum Gasteiger partial charge on any atom is 0.338 e. The predicted octanol–water partition coefficient (Wildman–Crippen LogP) is 4.96. The molecule has 3 heterocycles. The fourth-order valence-electron chi connectivity index (χ4n) is 5.42. The molecule has 0 bridgehead atoms. The molecule has 2 aromatic heterocycles. The predicted molar refractivity (Wildman–Crippen MR) is 164 cm³/mol. The van der Waals surface area contributed by atoms with E-state index in [-0.39, 0.29) is 17.7 Å². The molecule has 42 heavy (non-hydrogen) atoms. The van der Waals surface area contributed by atoms with E-state index in [9.17, 15) is 9.59 Å². The number of carbonyl (C=O) groups excluding carboxylic acids is 1. The molecule has 0 spiro atoms. The van der Waals surface area contributed by atoms with E-state index in [0.717, 1.165) is 27.7 Å². The fraction of sp³-hybridized carbons (Fsp3) is 0.182. The van der Waals surface area contributed by atoms with Crippen LogP contribution in [0.2, 0.25) is 0 Å². The van der Waals surface area contributed by atoms with Gasteiger partial charge in [-0.05, 0) is 49.8 Å². The molecular formula is C33H29N3O5S. The van der Waals surface area contributed by atoms with Crippen molar-refractivity contribution in [3.63, 3.8) is 0 Å². The summed E-state index contributed by atoms with van der Waals surface area (Å²) in [6.07, 6.45) is 1.91. The second kappa shape index (κ2) is 11.2. The molecule has 1 aliphatic rings. The molecule has 9 heteroatoms. The first-order chi connectivity index (χ1) is 20.4. The van der Waals surface area contributed by atoms with Crippen molar-refractivity contribution in [1.82, 2.24) is 9.55 Å². The summed E-state index contributed by atoms with van der Waals surface area (Å²) in [5.41, 5.74) is 4.87. The van der Waals surface area contributed by atoms with Gasteiger partial charge in [0.25, 0.3) is 5.56 Å². The molecule has 0 unspecified atom stereocenters. The fourth-order valence-corrected chi connectivity index (χ4v) is 6.44. The van der Waals surface area contributed by atoms with Crippen molar-refractivity contribution < 1.29 is 19.0 Å². The van der Waals surface area contributed by atoms with E-state index in [2.05, 4.69) is 4.98 Å². The van der Waals surface area contributed by atoms with Gasteiger partial charge in [-0.15, -0.1) is 0 Å². The summed E-state index contributed by atoms with van der Waals surface area (Å²) in [5.74, 6) is 0.540. The van der Waals surface area contributed by atoms with Crippen molar-refractivity contribution in [3.05, 3.63) is 115 Å². The molecule has 1 N–H and O–H groups in total. The Morgan fingerprint density at radius 3 is 2.55 bits per heavy atom. The molecule has 8 nitrogen and oxygen atoms in total. The number of rotatable bonds is 7. The number of ether oxygens (including phenoxy) is 3. The summed E-state index contributed by atoms with van der Waals surface area (Å²) < 4.78 is 18.7. The van der Waals surface area contributed by atoms with Gasteiger partial charge in [0, 0.05) is 22.0 Å². The number of carbonyl (C=O) groups is 1. The minimum absolute atomic E-state index is 0.185. The van der Waals surface area contributed by atoms with Crippen molar-refractivity contribution >= 4 is 34.3 Å². The van der Waals surface area contributed by atoms with Crippen LogP contribution in [0.15, 0.2) is 93.9 Å². The lowest BCUT2D eigenvalue weighted by Crippen LogP contribution is -2.40. The molecular weight excluding hydrogens is 550 g/mol. The number of thiazole rings is 1. The third kappa shape index (κ3) is 4.61. The van der Waals surface area contributed by atoms with Gasteiger partial charge in [0.1, 0.15) is 17.5 Å². The molecule has 3 aromatic carbocycles. The molecule has 6 rings (SSSR count). The zero-order valence-corrected chi connectivity index (χ0v) is 24.5. The van der Waals surface area contributed by atoms with E-state index in [1.165, 1.54) is 11.3 Å². The van der Waals surface area contributed by atoms with Crippen LogP contribution in [-0.2, 0) is 9.53 Å². The number of aromatic nitrogens is 2. The van der Waals surface area contributed by atoms with Gasteiger partial charge >= 0.3 is 5.97 Å². The largest absolute Gasteiger partial charge is 0.497 e. The third-order valence-electron chi connectivity index (χ3n) is 7.33. The number of para-hydroxylation sites is 1. The lowest BCUT2D eigenvalue weighted by atomic mass is 9.94. The zero-order valence-electron chi connectivity index (χ0n) is 23.6. The van der Waals surface area contributed by atoms with Crippen molar-refractivity contribution in [1.29, 1.82) is 0 Å². The van der Waals surface area contributed by atoms with E-state index in [4.69, 9.17) is 19.2 Å². The molecule has 0 saturated heterocycles. The number of nitrogens with zero attached hydrogens (tertiary/aromatic N) is 2. The first-order valence-electron chi connectivity index (χ1n) is 13.5. The van der Waals surface area contributed by atoms with Gasteiger partial charge in [-0.3, -0.25) is 9.36 Å². The molecule has 5 aromatic rings. The molecule has 1 atom stereocenters. The minimum Gasteiger partial charge on any atom is -0.497 e. The standard InChI is InChI=1S/C33H29N3O5S/c1-5-41-32(38)28-19(2)34-33-36(30(28)24-17-21(39-3)15-16-26(24)40-4)31(37)27(42-33)18-23-22-13-9-10-14-25(22)35-29(23)20-11-7-6-8-12-20/h6-18,30,35H,5H2,1-4H3/t30-/m1/s1. The van der Waals surface area contributed by atoms with Crippen molar-refractivity contribution in [2.24, 2.45) is 4.99 Å². The number of H-pyrrole nitrogens is 1. The molecule has 212 valence electrons. The number of nitrogens with one attached hydrogen (secondary N) is 1. The number of hydrogen-bond donors (Lipinski definition) is 1. The van der Waals surface area contributed by atoms with E-state index in [1.807, 2.05) is 60.7 Å². The Balaban J connectivity index is 1.64.